The number of halogens is 3. The molecule has 5 nitrogen and oxygen atoms in total. The number of esters is 1. The predicted octanol–water partition coefficient (Wildman–Crippen LogP) is 3.84. The van der Waals surface area contributed by atoms with Crippen LogP contribution in [0.25, 0.3) is 0 Å². The van der Waals surface area contributed by atoms with Gasteiger partial charge in [-0.3, -0.25) is 4.79 Å². The molecule has 2 aromatic rings. The molecule has 0 fully saturated rings. The van der Waals surface area contributed by atoms with Crippen molar-refractivity contribution in [3.8, 4) is 0 Å². The van der Waals surface area contributed by atoms with Gasteiger partial charge in [-0.1, -0.05) is 0 Å². The minimum atomic E-state index is -4.57. The predicted molar refractivity (Wildman–Crippen MR) is 84.3 cm³/mol. The van der Waals surface area contributed by atoms with Gasteiger partial charge in [-0.05, 0) is 50.2 Å². The van der Waals surface area contributed by atoms with E-state index in [1.54, 1.807) is 6.92 Å². The van der Waals surface area contributed by atoms with Crippen molar-refractivity contribution in [2.75, 3.05) is 11.9 Å². The Hall–Kier alpha value is -2.90. The number of hydrogen-bond acceptors (Lipinski definition) is 4. The molecule has 0 aliphatic heterocycles. The first-order valence-electron chi connectivity index (χ1n) is 7.35. The van der Waals surface area contributed by atoms with E-state index in [-0.39, 0.29) is 17.9 Å². The summed E-state index contributed by atoms with van der Waals surface area (Å²) in [5.41, 5.74) is -0.345. The molecule has 132 valence electrons. The fourth-order valence-corrected chi connectivity index (χ4v) is 2.06. The number of carbonyl (C=O) groups is 2. The van der Waals surface area contributed by atoms with Crippen LogP contribution in [0.4, 0.5) is 18.9 Å². The van der Waals surface area contributed by atoms with Crippen molar-refractivity contribution in [3.05, 3.63) is 58.9 Å². The summed E-state index contributed by atoms with van der Waals surface area (Å²) in [6.45, 7) is 3.26. The van der Waals surface area contributed by atoms with E-state index < -0.39 is 23.7 Å². The fraction of sp³-hybridized carbons (Fsp3) is 0.235. The van der Waals surface area contributed by atoms with E-state index in [2.05, 4.69) is 10.3 Å². The second kappa shape index (κ2) is 7.33. The molecule has 0 saturated carbocycles. The summed E-state index contributed by atoms with van der Waals surface area (Å²) in [6, 6.07) is 7.78. The molecule has 1 amide bonds. The van der Waals surface area contributed by atoms with Crippen molar-refractivity contribution in [1.29, 1.82) is 0 Å². The molecule has 0 radical (unpaired) electrons. The lowest BCUT2D eigenvalue weighted by Gasteiger charge is -2.11. The van der Waals surface area contributed by atoms with Gasteiger partial charge in [-0.25, -0.2) is 9.78 Å². The molecular weight excluding hydrogens is 337 g/mol. The molecule has 1 aromatic heterocycles. The van der Waals surface area contributed by atoms with Gasteiger partial charge >= 0.3 is 12.1 Å². The van der Waals surface area contributed by atoms with Crippen molar-refractivity contribution in [2.24, 2.45) is 0 Å². The lowest BCUT2D eigenvalue weighted by Crippen LogP contribution is -2.16. The van der Waals surface area contributed by atoms with Crippen LogP contribution in [0.15, 0.2) is 36.4 Å². The lowest BCUT2D eigenvalue weighted by atomic mass is 10.1. The molecule has 0 bridgehead atoms. The third-order valence-corrected chi connectivity index (χ3v) is 3.27. The Labute approximate surface area is 141 Å². The Morgan fingerprint density at radius 1 is 1.12 bits per heavy atom. The Balaban J connectivity index is 2.13. The SMILES string of the molecule is CCOC(=O)c1ccc(NC(=O)c2ccc(C(F)(F)F)nc2C)cc1. The van der Waals surface area contributed by atoms with Crippen LogP contribution in [0.1, 0.15) is 39.0 Å². The molecule has 8 heteroatoms. The van der Waals surface area contributed by atoms with E-state index >= 15 is 0 Å². The third-order valence-electron chi connectivity index (χ3n) is 3.27. The summed E-state index contributed by atoms with van der Waals surface area (Å²) in [7, 11) is 0. The zero-order valence-corrected chi connectivity index (χ0v) is 13.5. The van der Waals surface area contributed by atoms with Gasteiger partial charge < -0.3 is 10.1 Å². The zero-order chi connectivity index (χ0) is 18.6. The van der Waals surface area contributed by atoms with Crippen LogP contribution < -0.4 is 5.32 Å². The highest BCUT2D eigenvalue weighted by atomic mass is 19.4. The summed E-state index contributed by atoms with van der Waals surface area (Å²) in [6.07, 6.45) is -4.57. The highest BCUT2D eigenvalue weighted by Gasteiger charge is 2.33. The Morgan fingerprint density at radius 3 is 2.28 bits per heavy atom. The molecule has 2 rings (SSSR count). The van der Waals surface area contributed by atoms with Crippen LogP contribution in [-0.2, 0) is 10.9 Å². The number of benzene rings is 1. The normalized spacial score (nSPS) is 11.1. The van der Waals surface area contributed by atoms with E-state index in [1.807, 2.05) is 0 Å². The minimum Gasteiger partial charge on any atom is -0.462 e. The number of aromatic nitrogens is 1. The number of nitrogens with one attached hydrogen (secondary N) is 1. The quantitative estimate of drug-likeness (QED) is 0.849. The third kappa shape index (κ3) is 4.56. The van der Waals surface area contributed by atoms with Gasteiger partial charge in [0.25, 0.3) is 5.91 Å². The van der Waals surface area contributed by atoms with Gasteiger partial charge in [0, 0.05) is 5.69 Å². The van der Waals surface area contributed by atoms with Gasteiger partial charge in [-0.15, -0.1) is 0 Å². The first-order valence-corrected chi connectivity index (χ1v) is 7.35. The zero-order valence-electron chi connectivity index (χ0n) is 13.5. The average Bonchev–Trinajstić information content (AvgIpc) is 2.54. The topological polar surface area (TPSA) is 68.3 Å². The Kier molecular flexibility index (Phi) is 5.41. The number of rotatable bonds is 4. The van der Waals surface area contributed by atoms with Crippen LogP contribution in [0.3, 0.4) is 0 Å². The molecule has 0 aliphatic carbocycles. The highest BCUT2D eigenvalue weighted by molar-refractivity contribution is 6.05. The van der Waals surface area contributed by atoms with E-state index in [9.17, 15) is 22.8 Å². The number of alkyl halides is 3. The fourth-order valence-electron chi connectivity index (χ4n) is 2.06. The van der Waals surface area contributed by atoms with Gasteiger partial charge in [0.1, 0.15) is 5.69 Å². The number of nitrogens with zero attached hydrogens (tertiary/aromatic N) is 1. The molecule has 1 aromatic carbocycles. The number of amides is 1. The van der Waals surface area contributed by atoms with Crippen LogP contribution >= 0.6 is 0 Å². The van der Waals surface area contributed by atoms with E-state index in [0.717, 1.165) is 12.1 Å². The maximum absolute atomic E-state index is 12.6. The minimum absolute atomic E-state index is 0.0301. The van der Waals surface area contributed by atoms with Crippen molar-refractivity contribution in [3.63, 3.8) is 0 Å². The average molecular weight is 352 g/mol. The molecule has 25 heavy (non-hydrogen) atoms. The summed E-state index contributed by atoms with van der Waals surface area (Å²) in [5.74, 6) is -1.08. The Morgan fingerprint density at radius 2 is 1.76 bits per heavy atom. The second-order valence-corrected chi connectivity index (χ2v) is 5.08. The summed E-state index contributed by atoms with van der Waals surface area (Å²) in [5, 5.41) is 2.54. The van der Waals surface area contributed by atoms with Gasteiger partial charge in [0.2, 0.25) is 0 Å². The van der Waals surface area contributed by atoms with Crippen molar-refractivity contribution < 1.29 is 27.5 Å². The van der Waals surface area contributed by atoms with E-state index in [0.29, 0.717) is 11.3 Å². The van der Waals surface area contributed by atoms with Gasteiger partial charge in [0.05, 0.1) is 23.4 Å². The molecule has 0 aliphatic rings. The van der Waals surface area contributed by atoms with Crippen LogP contribution in [-0.4, -0.2) is 23.5 Å². The molecular formula is C17H15F3N2O3. The first kappa shape index (κ1) is 18.4. The van der Waals surface area contributed by atoms with Crippen LogP contribution in [0, 0.1) is 6.92 Å². The molecule has 0 spiro atoms. The molecule has 0 unspecified atom stereocenters. The maximum atomic E-state index is 12.6. The number of aryl methyl sites for hydroxylation is 1. The first-order chi connectivity index (χ1) is 11.7. The summed E-state index contributed by atoms with van der Waals surface area (Å²) >= 11 is 0. The molecule has 1 heterocycles. The highest BCUT2D eigenvalue weighted by Crippen LogP contribution is 2.28. The smallest absolute Gasteiger partial charge is 0.433 e. The number of pyridine rings is 1. The monoisotopic (exact) mass is 352 g/mol. The van der Waals surface area contributed by atoms with E-state index in [4.69, 9.17) is 4.74 Å². The summed E-state index contributed by atoms with van der Waals surface area (Å²) < 4.78 is 42.7. The van der Waals surface area contributed by atoms with Crippen LogP contribution in [0.2, 0.25) is 0 Å². The lowest BCUT2D eigenvalue weighted by molar-refractivity contribution is -0.141. The summed E-state index contributed by atoms with van der Waals surface area (Å²) in [4.78, 5) is 27.2. The molecule has 0 saturated heterocycles. The number of ether oxygens (including phenoxy) is 1. The van der Waals surface area contributed by atoms with Crippen LogP contribution in [0.5, 0.6) is 0 Å². The second-order valence-electron chi connectivity index (χ2n) is 5.08. The standard InChI is InChI=1S/C17H15F3N2O3/c1-3-25-16(24)11-4-6-12(7-5-11)22-15(23)13-8-9-14(17(18,19)20)21-10(13)2/h4-9H,3H2,1-2H3,(H,22,23). The number of hydrogen-bond donors (Lipinski definition) is 1. The number of carbonyl (C=O) groups excluding carboxylic acids is 2. The van der Waals surface area contributed by atoms with E-state index in [1.165, 1.54) is 31.2 Å². The van der Waals surface area contributed by atoms with Crippen molar-refractivity contribution in [1.82, 2.24) is 4.98 Å². The largest absolute Gasteiger partial charge is 0.462 e. The number of anilines is 1. The van der Waals surface area contributed by atoms with Gasteiger partial charge in [0.15, 0.2) is 0 Å². The Bertz CT molecular complexity index is 787. The van der Waals surface area contributed by atoms with Gasteiger partial charge in [-0.2, -0.15) is 13.2 Å². The molecule has 1 N–H and O–H groups in total. The molecule has 0 atom stereocenters. The van der Waals surface area contributed by atoms with Crippen molar-refractivity contribution in [2.45, 2.75) is 20.0 Å². The maximum Gasteiger partial charge on any atom is 0.433 e. The van der Waals surface area contributed by atoms with Crippen molar-refractivity contribution >= 4 is 17.6 Å².